The minimum atomic E-state index is -4.96. The van der Waals surface area contributed by atoms with Crippen LogP contribution in [-0.2, 0) is 65.4 Å². The summed E-state index contributed by atoms with van der Waals surface area (Å²) in [6, 6.07) is 0. The number of rotatable bonds is 83. The number of aliphatic hydroxyl groups is 1. The zero-order valence-electron chi connectivity index (χ0n) is 67.6. The lowest BCUT2D eigenvalue weighted by Gasteiger charge is -2.21. The van der Waals surface area contributed by atoms with Crippen LogP contribution in [0, 0.1) is 11.8 Å². The van der Waals surface area contributed by atoms with Gasteiger partial charge in [0.05, 0.1) is 26.4 Å². The van der Waals surface area contributed by atoms with E-state index in [0.29, 0.717) is 25.7 Å². The molecule has 19 heteroatoms. The molecular weight excluding hydrogens is 1340 g/mol. The normalized spacial score (nSPS) is 13.9. The second-order valence-electron chi connectivity index (χ2n) is 31.2. The van der Waals surface area contributed by atoms with Crippen molar-refractivity contribution in [1.82, 2.24) is 0 Å². The highest BCUT2D eigenvalue weighted by Gasteiger charge is 2.30. The molecule has 17 nitrogen and oxygen atoms in total. The molecule has 612 valence electrons. The predicted molar refractivity (Wildman–Crippen MR) is 423 cm³/mol. The highest BCUT2D eigenvalue weighted by atomic mass is 31.2. The van der Waals surface area contributed by atoms with Crippen molar-refractivity contribution < 1.29 is 80.2 Å². The lowest BCUT2D eigenvalue weighted by Crippen LogP contribution is -2.30. The molecule has 0 aromatic carbocycles. The van der Waals surface area contributed by atoms with E-state index in [1.165, 1.54) is 263 Å². The summed E-state index contributed by atoms with van der Waals surface area (Å²) in [4.78, 5) is 73.1. The number of ether oxygens (including phenoxy) is 4. The quantitative estimate of drug-likeness (QED) is 0.0222. The predicted octanol–water partition coefficient (Wildman–Crippen LogP) is 25.5. The Kier molecular flexibility index (Phi) is 74.1. The second-order valence-corrected chi connectivity index (χ2v) is 34.1. The van der Waals surface area contributed by atoms with Crippen LogP contribution in [0.1, 0.15) is 446 Å². The number of hydrogen-bond acceptors (Lipinski definition) is 15. The minimum absolute atomic E-state index is 0.108. The number of phosphoric ester groups is 2. The third-order valence-corrected chi connectivity index (χ3v) is 21.6. The molecule has 0 amide bonds. The molecule has 0 radical (unpaired) electrons. The molecule has 2 unspecified atom stereocenters. The van der Waals surface area contributed by atoms with Crippen molar-refractivity contribution >= 4 is 39.5 Å². The largest absolute Gasteiger partial charge is 0.472 e. The summed E-state index contributed by atoms with van der Waals surface area (Å²) >= 11 is 0. The smallest absolute Gasteiger partial charge is 0.462 e. The van der Waals surface area contributed by atoms with Gasteiger partial charge in [0.1, 0.15) is 19.3 Å². The number of aliphatic hydroxyl groups excluding tert-OH is 1. The molecule has 5 atom stereocenters. The molecule has 0 aliphatic heterocycles. The van der Waals surface area contributed by atoms with E-state index in [4.69, 9.17) is 37.0 Å². The van der Waals surface area contributed by atoms with Crippen molar-refractivity contribution in [2.24, 2.45) is 11.8 Å². The van der Waals surface area contributed by atoms with Crippen molar-refractivity contribution in [3.63, 3.8) is 0 Å². The maximum Gasteiger partial charge on any atom is 0.472 e. The molecule has 0 heterocycles. The van der Waals surface area contributed by atoms with Crippen LogP contribution < -0.4 is 0 Å². The summed E-state index contributed by atoms with van der Waals surface area (Å²) in [6.45, 7) is 9.70. The molecule has 0 aromatic rings. The van der Waals surface area contributed by atoms with Crippen LogP contribution in [0.15, 0.2) is 0 Å². The number of unbranched alkanes of at least 4 members (excludes halogenated alkanes) is 53. The van der Waals surface area contributed by atoms with Crippen molar-refractivity contribution in [3.8, 4) is 0 Å². The molecule has 0 aliphatic rings. The van der Waals surface area contributed by atoms with Crippen LogP contribution in [0.3, 0.4) is 0 Å². The lowest BCUT2D eigenvalue weighted by atomic mass is 10.0. The molecule has 0 bridgehead atoms. The van der Waals surface area contributed by atoms with Crippen LogP contribution in [0.2, 0.25) is 0 Å². The molecule has 0 aliphatic carbocycles. The van der Waals surface area contributed by atoms with Gasteiger partial charge in [-0.15, -0.1) is 0 Å². The maximum atomic E-state index is 13.1. The van der Waals surface area contributed by atoms with Crippen LogP contribution in [0.4, 0.5) is 0 Å². The van der Waals surface area contributed by atoms with E-state index >= 15 is 0 Å². The molecule has 0 aromatic heterocycles. The lowest BCUT2D eigenvalue weighted by molar-refractivity contribution is -0.161. The fourth-order valence-corrected chi connectivity index (χ4v) is 14.6. The van der Waals surface area contributed by atoms with Crippen LogP contribution in [0.5, 0.6) is 0 Å². The molecule has 103 heavy (non-hydrogen) atoms. The van der Waals surface area contributed by atoms with Gasteiger partial charge >= 0.3 is 39.5 Å². The summed E-state index contributed by atoms with van der Waals surface area (Å²) in [6.07, 6.45) is 66.6. The second kappa shape index (κ2) is 75.5. The van der Waals surface area contributed by atoms with Crippen molar-refractivity contribution in [3.05, 3.63) is 0 Å². The summed E-state index contributed by atoms with van der Waals surface area (Å²) in [7, 11) is -9.92. The molecule has 3 N–H and O–H groups in total. The number of hydrogen-bond donors (Lipinski definition) is 3. The van der Waals surface area contributed by atoms with E-state index in [0.717, 1.165) is 102 Å². The van der Waals surface area contributed by atoms with Gasteiger partial charge in [-0.3, -0.25) is 37.3 Å². The van der Waals surface area contributed by atoms with E-state index in [2.05, 4.69) is 41.5 Å². The molecule has 0 rings (SSSR count). The van der Waals surface area contributed by atoms with Gasteiger partial charge in [0.15, 0.2) is 12.2 Å². The Morgan fingerprint density at radius 2 is 0.447 bits per heavy atom. The number of phosphoric acid groups is 2. The van der Waals surface area contributed by atoms with E-state index in [9.17, 15) is 43.2 Å². The highest BCUT2D eigenvalue weighted by Crippen LogP contribution is 2.45. The van der Waals surface area contributed by atoms with Gasteiger partial charge in [-0.2, -0.15) is 0 Å². The van der Waals surface area contributed by atoms with E-state index < -0.39 is 97.5 Å². The maximum absolute atomic E-state index is 13.1. The fourth-order valence-electron chi connectivity index (χ4n) is 13.1. The first-order valence-corrected chi connectivity index (χ1v) is 46.5. The van der Waals surface area contributed by atoms with Gasteiger partial charge in [0.2, 0.25) is 0 Å². The summed E-state index contributed by atoms with van der Waals surface area (Å²) in [5, 5.41) is 10.7. The number of carbonyl (C=O) groups is 4. The zero-order valence-corrected chi connectivity index (χ0v) is 69.4. The van der Waals surface area contributed by atoms with Gasteiger partial charge < -0.3 is 33.8 Å². The van der Waals surface area contributed by atoms with Gasteiger partial charge in [0.25, 0.3) is 0 Å². The SMILES string of the molecule is CCCCCCCCCCCCCCCCCCCCC(=O)O[C@H](COC(=O)CCCCCCCCCCC)COP(=O)(O)OC[C@H](O)COP(=O)(O)OC[C@@H](COC(=O)CCCCCCCCCCCCCCCCCC(C)C)OC(=O)CCCCCCCCCCCCCCCCCC(C)C. The van der Waals surface area contributed by atoms with E-state index in [1.54, 1.807) is 0 Å². The van der Waals surface area contributed by atoms with E-state index in [1.807, 2.05) is 0 Å². The third kappa shape index (κ3) is 78.0. The van der Waals surface area contributed by atoms with Gasteiger partial charge in [0, 0.05) is 25.7 Å². The average Bonchev–Trinajstić information content (AvgIpc) is 0.914. The summed E-state index contributed by atoms with van der Waals surface area (Å²) in [5.74, 6) is -0.496. The van der Waals surface area contributed by atoms with Gasteiger partial charge in [-0.1, -0.05) is 395 Å². The Bertz CT molecular complexity index is 1980. The number of carbonyl (C=O) groups excluding carboxylic acids is 4. The molecular formula is C84H164O17P2. The minimum Gasteiger partial charge on any atom is -0.462 e. The Hall–Kier alpha value is -1.94. The first-order valence-electron chi connectivity index (χ1n) is 43.5. The first-order chi connectivity index (χ1) is 49.9. The fraction of sp³-hybridized carbons (Fsp3) is 0.952. The highest BCUT2D eigenvalue weighted by molar-refractivity contribution is 7.47. The van der Waals surface area contributed by atoms with Gasteiger partial charge in [-0.05, 0) is 37.5 Å². The Morgan fingerprint density at radius 1 is 0.262 bits per heavy atom. The number of esters is 4. The Labute approximate surface area is 632 Å². The van der Waals surface area contributed by atoms with E-state index in [-0.39, 0.29) is 25.7 Å². The molecule has 0 saturated carbocycles. The first kappa shape index (κ1) is 101. The molecule has 0 spiro atoms. The topological polar surface area (TPSA) is 237 Å². The Morgan fingerprint density at radius 3 is 0.660 bits per heavy atom. The van der Waals surface area contributed by atoms with Crippen molar-refractivity contribution in [2.45, 2.75) is 464 Å². The van der Waals surface area contributed by atoms with Crippen LogP contribution >= 0.6 is 15.6 Å². The molecule has 0 fully saturated rings. The third-order valence-electron chi connectivity index (χ3n) is 19.7. The average molecular weight is 1510 g/mol. The summed E-state index contributed by atoms with van der Waals surface area (Å²) in [5.41, 5.74) is 0. The standard InChI is InChI=1S/C84H164O17P2/c1-7-9-11-13-15-17-18-19-20-21-22-27-33-38-44-50-56-62-68-83(88)100-79(72-94-81(86)66-60-54-48-40-16-14-12-10-8-2)74-98-102(90,91)96-70-78(85)71-97-103(92,93)99-75-80(101-84(89)69-63-57-51-45-39-34-29-24-26-31-36-42-47-53-59-65-77(5)6)73-95-82(87)67-61-55-49-43-37-32-28-23-25-30-35-41-46-52-58-64-76(3)4/h76-80,85H,7-75H2,1-6H3,(H,90,91)(H,92,93)/t78-,79+,80+/m0/s1. The van der Waals surface area contributed by atoms with Crippen LogP contribution in [-0.4, -0.2) is 96.7 Å². The Balaban J connectivity index is 5.21. The van der Waals surface area contributed by atoms with Crippen molar-refractivity contribution in [1.29, 1.82) is 0 Å². The monoisotopic (exact) mass is 1510 g/mol. The van der Waals surface area contributed by atoms with Crippen LogP contribution in [0.25, 0.3) is 0 Å². The van der Waals surface area contributed by atoms with Crippen molar-refractivity contribution in [2.75, 3.05) is 39.6 Å². The van der Waals surface area contributed by atoms with Gasteiger partial charge in [-0.25, -0.2) is 9.13 Å². The zero-order chi connectivity index (χ0) is 75.6. The molecule has 0 saturated heterocycles. The summed E-state index contributed by atoms with van der Waals surface area (Å²) < 4.78 is 68.8.